The highest BCUT2D eigenvalue weighted by Crippen LogP contribution is 2.31. The number of hydrogen-bond donors (Lipinski definition) is 1. The van der Waals surface area contributed by atoms with Gasteiger partial charge < -0.3 is 0 Å². The first-order valence-electron chi connectivity index (χ1n) is 3.25. The Labute approximate surface area is 92.3 Å². The zero-order valence-corrected chi connectivity index (χ0v) is 9.71. The molecule has 0 amide bonds. The molecular formula is C8H4FIS2. The monoisotopic (exact) mass is 310 g/mol. The van der Waals surface area contributed by atoms with Gasteiger partial charge in [-0.2, -0.15) is 0 Å². The molecule has 1 aromatic heterocycles. The highest BCUT2D eigenvalue weighted by molar-refractivity contribution is 14.1. The Kier molecular flexibility index (Phi) is 2.31. The molecule has 0 fully saturated rings. The van der Waals surface area contributed by atoms with Gasteiger partial charge in [0.05, 0.1) is 4.21 Å². The molecule has 2 aromatic rings. The number of thiophene rings is 1. The van der Waals surface area contributed by atoms with Crippen molar-refractivity contribution in [3.05, 3.63) is 27.6 Å². The first-order valence-corrected chi connectivity index (χ1v) is 5.59. The molecule has 0 saturated carbocycles. The first-order chi connectivity index (χ1) is 5.68. The molecule has 62 valence electrons. The van der Waals surface area contributed by atoms with Crippen LogP contribution in [0.25, 0.3) is 10.1 Å². The smallest absolute Gasteiger partial charge is 0.145 e. The van der Waals surface area contributed by atoms with E-state index in [0.29, 0.717) is 8.96 Å². The third kappa shape index (κ3) is 1.36. The molecule has 4 heteroatoms. The molecule has 0 spiro atoms. The molecule has 2 rings (SSSR count). The van der Waals surface area contributed by atoms with Crippen LogP contribution in [-0.2, 0) is 0 Å². The van der Waals surface area contributed by atoms with Crippen molar-refractivity contribution in [2.45, 2.75) is 4.21 Å². The molecule has 0 N–H and O–H groups in total. The van der Waals surface area contributed by atoms with Crippen LogP contribution in [0.3, 0.4) is 0 Å². The Bertz CT molecular complexity index is 436. The summed E-state index contributed by atoms with van der Waals surface area (Å²) in [6, 6.07) is 5.47. The van der Waals surface area contributed by atoms with Gasteiger partial charge in [-0.25, -0.2) is 4.39 Å². The number of fused-ring (bicyclic) bond motifs is 1. The lowest BCUT2D eigenvalue weighted by atomic mass is 10.2. The minimum absolute atomic E-state index is 0.135. The molecule has 0 bridgehead atoms. The van der Waals surface area contributed by atoms with Crippen LogP contribution in [0.1, 0.15) is 0 Å². The van der Waals surface area contributed by atoms with Crippen molar-refractivity contribution < 1.29 is 4.39 Å². The zero-order valence-electron chi connectivity index (χ0n) is 5.84. The summed E-state index contributed by atoms with van der Waals surface area (Å²) in [6.07, 6.45) is 0. The SMILES string of the molecule is Fc1c(I)ccc2sc(S)cc12. The lowest BCUT2D eigenvalue weighted by Crippen LogP contribution is -1.79. The van der Waals surface area contributed by atoms with Gasteiger partial charge in [-0.1, -0.05) is 0 Å². The second-order valence-corrected chi connectivity index (χ2v) is 5.39. The van der Waals surface area contributed by atoms with Crippen LogP contribution in [0.15, 0.2) is 22.4 Å². The molecular weight excluding hydrogens is 306 g/mol. The minimum atomic E-state index is -0.135. The highest BCUT2D eigenvalue weighted by atomic mass is 127. The van der Waals surface area contributed by atoms with Gasteiger partial charge in [0.25, 0.3) is 0 Å². The van der Waals surface area contributed by atoms with Crippen LogP contribution in [0.5, 0.6) is 0 Å². The van der Waals surface area contributed by atoms with E-state index in [1.807, 2.05) is 28.7 Å². The summed E-state index contributed by atoms with van der Waals surface area (Å²) in [5, 5.41) is 0.678. The van der Waals surface area contributed by atoms with Crippen molar-refractivity contribution in [2.75, 3.05) is 0 Å². The largest absolute Gasteiger partial charge is 0.205 e. The molecule has 0 radical (unpaired) electrons. The topological polar surface area (TPSA) is 0 Å². The standard InChI is InChI=1S/C8H4FIS2/c9-8-4-3-7(11)12-6(4)2-1-5(8)10/h1-3,11H. The van der Waals surface area contributed by atoms with E-state index in [0.717, 1.165) is 8.91 Å². The molecule has 0 aliphatic rings. The maximum absolute atomic E-state index is 13.4. The number of thiol groups is 1. The van der Waals surface area contributed by atoms with Crippen LogP contribution in [0.2, 0.25) is 0 Å². The van der Waals surface area contributed by atoms with E-state index in [2.05, 4.69) is 12.6 Å². The fourth-order valence-corrected chi connectivity index (χ4v) is 2.73. The molecule has 0 atom stereocenters. The number of benzene rings is 1. The molecule has 0 unspecified atom stereocenters. The maximum Gasteiger partial charge on any atom is 0.145 e. The molecule has 12 heavy (non-hydrogen) atoms. The van der Waals surface area contributed by atoms with Gasteiger partial charge >= 0.3 is 0 Å². The third-order valence-electron chi connectivity index (χ3n) is 1.57. The van der Waals surface area contributed by atoms with Crippen molar-refractivity contribution in [1.82, 2.24) is 0 Å². The molecule has 1 aromatic carbocycles. The zero-order chi connectivity index (χ0) is 8.72. The third-order valence-corrected chi connectivity index (χ3v) is 3.71. The first kappa shape index (κ1) is 8.77. The second-order valence-electron chi connectivity index (χ2n) is 2.36. The van der Waals surface area contributed by atoms with Gasteiger partial charge in [0.1, 0.15) is 5.82 Å². The summed E-state index contributed by atoms with van der Waals surface area (Å²) < 4.78 is 15.8. The summed E-state index contributed by atoms with van der Waals surface area (Å²) >= 11 is 7.66. The van der Waals surface area contributed by atoms with Crippen molar-refractivity contribution >= 4 is 56.6 Å². The van der Waals surface area contributed by atoms with E-state index in [9.17, 15) is 4.39 Å². The Hall–Kier alpha value is 0.190. The summed E-state index contributed by atoms with van der Waals surface area (Å²) in [4.78, 5) is 0. The van der Waals surface area contributed by atoms with Crippen molar-refractivity contribution in [1.29, 1.82) is 0 Å². The van der Waals surface area contributed by atoms with Gasteiger partial charge in [-0.05, 0) is 40.8 Å². The van der Waals surface area contributed by atoms with Crippen LogP contribution < -0.4 is 0 Å². The fraction of sp³-hybridized carbons (Fsp3) is 0. The summed E-state index contributed by atoms with van der Waals surface area (Å²) in [7, 11) is 0. The number of hydrogen-bond acceptors (Lipinski definition) is 2. The Morgan fingerprint density at radius 1 is 1.42 bits per heavy atom. The van der Waals surface area contributed by atoms with E-state index in [-0.39, 0.29) is 5.82 Å². The minimum Gasteiger partial charge on any atom is -0.205 e. The fourth-order valence-electron chi connectivity index (χ4n) is 1.04. The predicted octanol–water partition coefficient (Wildman–Crippen LogP) is 3.93. The van der Waals surface area contributed by atoms with Crippen LogP contribution in [-0.4, -0.2) is 0 Å². The molecule has 0 nitrogen and oxygen atoms in total. The van der Waals surface area contributed by atoms with E-state index in [4.69, 9.17) is 0 Å². The summed E-state index contributed by atoms with van der Waals surface area (Å²) in [5.74, 6) is -0.135. The lowest BCUT2D eigenvalue weighted by molar-refractivity contribution is 0.633. The summed E-state index contributed by atoms with van der Waals surface area (Å²) in [6.45, 7) is 0. The molecule has 0 aliphatic heterocycles. The average molecular weight is 310 g/mol. The van der Waals surface area contributed by atoms with Gasteiger partial charge in [0.2, 0.25) is 0 Å². The van der Waals surface area contributed by atoms with E-state index < -0.39 is 0 Å². The van der Waals surface area contributed by atoms with Gasteiger partial charge in [-0.15, -0.1) is 24.0 Å². The number of rotatable bonds is 0. The van der Waals surface area contributed by atoms with Crippen molar-refractivity contribution in [3.8, 4) is 0 Å². The summed E-state index contributed by atoms with van der Waals surface area (Å²) in [5.41, 5.74) is 0. The maximum atomic E-state index is 13.4. The Morgan fingerprint density at radius 2 is 2.17 bits per heavy atom. The normalized spacial score (nSPS) is 10.9. The van der Waals surface area contributed by atoms with E-state index >= 15 is 0 Å². The van der Waals surface area contributed by atoms with E-state index in [1.54, 1.807) is 12.1 Å². The molecule has 1 heterocycles. The second kappa shape index (κ2) is 3.16. The molecule has 0 saturated heterocycles. The Balaban J connectivity index is 2.89. The average Bonchev–Trinajstić information content (AvgIpc) is 2.39. The van der Waals surface area contributed by atoms with Crippen molar-refractivity contribution in [2.24, 2.45) is 0 Å². The lowest BCUT2D eigenvalue weighted by Gasteiger charge is -1.93. The van der Waals surface area contributed by atoms with E-state index in [1.165, 1.54) is 11.3 Å². The van der Waals surface area contributed by atoms with Gasteiger partial charge in [0, 0.05) is 13.7 Å². The van der Waals surface area contributed by atoms with Crippen LogP contribution in [0, 0.1) is 9.39 Å². The number of halogens is 2. The van der Waals surface area contributed by atoms with Crippen LogP contribution in [0.4, 0.5) is 4.39 Å². The predicted molar refractivity (Wildman–Crippen MR) is 61.8 cm³/mol. The van der Waals surface area contributed by atoms with Crippen molar-refractivity contribution in [3.63, 3.8) is 0 Å². The van der Waals surface area contributed by atoms with Gasteiger partial charge in [0.15, 0.2) is 0 Å². The Morgan fingerprint density at radius 3 is 2.92 bits per heavy atom. The highest BCUT2D eigenvalue weighted by Gasteiger charge is 2.07. The quantitative estimate of drug-likeness (QED) is 0.553. The molecule has 0 aliphatic carbocycles. The van der Waals surface area contributed by atoms with Crippen LogP contribution >= 0.6 is 46.6 Å². The van der Waals surface area contributed by atoms with Gasteiger partial charge in [-0.3, -0.25) is 0 Å².